The van der Waals surface area contributed by atoms with Gasteiger partial charge in [0.25, 0.3) is 0 Å². The molecule has 2 aromatic heterocycles. The molecule has 1 amide bonds. The number of imidazole rings is 1. The molecule has 0 atom stereocenters. The lowest BCUT2D eigenvalue weighted by atomic mass is 10.1. The van der Waals surface area contributed by atoms with E-state index < -0.39 is 10.0 Å². The maximum Gasteiger partial charge on any atom is 0.242 e. The summed E-state index contributed by atoms with van der Waals surface area (Å²) in [5.41, 5.74) is 2.75. The third kappa shape index (κ3) is 4.80. The Bertz CT molecular complexity index is 1400. The fraction of sp³-hybridized carbons (Fsp3) is 0.333. The highest BCUT2D eigenvalue weighted by molar-refractivity contribution is 7.89. The predicted molar refractivity (Wildman–Crippen MR) is 133 cm³/mol. The number of carbonyl (C=O) groups excluding carboxylic acids is 1. The van der Waals surface area contributed by atoms with Crippen LogP contribution in [0.1, 0.15) is 24.7 Å². The van der Waals surface area contributed by atoms with Gasteiger partial charge in [-0.05, 0) is 53.9 Å². The molecule has 0 unspecified atom stereocenters. The van der Waals surface area contributed by atoms with Crippen molar-refractivity contribution in [1.82, 2.24) is 19.2 Å². The van der Waals surface area contributed by atoms with Crippen LogP contribution >= 0.6 is 11.3 Å². The van der Waals surface area contributed by atoms with Gasteiger partial charge >= 0.3 is 0 Å². The van der Waals surface area contributed by atoms with Gasteiger partial charge in [0.1, 0.15) is 5.82 Å². The van der Waals surface area contributed by atoms with Gasteiger partial charge in [-0.3, -0.25) is 4.79 Å². The molecule has 0 aliphatic rings. The first-order valence-electron chi connectivity index (χ1n) is 10.9. The minimum atomic E-state index is -3.53. The summed E-state index contributed by atoms with van der Waals surface area (Å²) in [6.07, 6.45) is 1.62. The first-order valence-corrected chi connectivity index (χ1v) is 13.3. The summed E-state index contributed by atoms with van der Waals surface area (Å²) >= 11 is 1.73. The second kappa shape index (κ2) is 9.62. The maximum absolute atomic E-state index is 12.5. The molecule has 2 heterocycles. The third-order valence-corrected chi connectivity index (χ3v) is 8.57. The van der Waals surface area contributed by atoms with Crippen molar-refractivity contribution in [2.24, 2.45) is 0 Å². The van der Waals surface area contributed by atoms with E-state index in [-0.39, 0.29) is 10.8 Å². The van der Waals surface area contributed by atoms with Crippen LogP contribution in [0.5, 0.6) is 0 Å². The summed E-state index contributed by atoms with van der Waals surface area (Å²) in [5, 5.41) is 6.42. The molecule has 0 aliphatic heterocycles. The van der Waals surface area contributed by atoms with E-state index in [1.54, 1.807) is 29.5 Å². The molecular weight excluding hydrogens is 456 g/mol. The van der Waals surface area contributed by atoms with Gasteiger partial charge in [-0.15, -0.1) is 11.3 Å². The van der Waals surface area contributed by atoms with E-state index in [4.69, 9.17) is 0 Å². The van der Waals surface area contributed by atoms with Crippen molar-refractivity contribution in [2.75, 3.05) is 20.6 Å². The number of nitrogens with one attached hydrogen (secondary N) is 1. The summed E-state index contributed by atoms with van der Waals surface area (Å²) in [4.78, 5) is 17.3. The Labute approximate surface area is 198 Å². The summed E-state index contributed by atoms with van der Waals surface area (Å²) in [6, 6.07) is 13.3. The zero-order chi connectivity index (χ0) is 23.6. The van der Waals surface area contributed by atoms with Gasteiger partial charge in [0.15, 0.2) is 0 Å². The van der Waals surface area contributed by atoms with Gasteiger partial charge < -0.3 is 9.88 Å². The van der Waals surface area contributed by atoms with Crippen molar-refractivity contribution in [3.05, 3.63) is 59.2 Å². The Morgan fingerprint density at radius 1 is 1.15 bits per heavy atom. The molecule has 0 radical (unpaired) electrons. The number of carbonyl (C=O) groups is 1. The van der Waals surface area contributed by atoms with Crippen LogP contribution in [0.25, 0.3) is 21.1 Å². The Hall–Kier alpha value is -2.75. The monoisotopic (exact) mass is 484 g/mol. The van der Waals surface area contributed by atoms with Crippen molar-refractivity contribution in [2.45, 2.75) is 37.6 Å². The van der Waals surface area contributed by atoms with E-state index in [1.807, 2.05) is 23.6 Å². The number of sulfonamides is 1. The molecule has 0 saturated heterocycles. The van der Waals surface area contributed by atoms with Crippen LogP contribution in [0.3, 0.4) is 0 Å². The van der Waals surface area contributed by atoms with Crippen molar-refractivity contribution in [3.63, 3.8) is 0 Å². The van der Waals surface area contributed by atoms with Crippen LogP contribution in [-0.2, 0) is 34.2 Å². The third-order valence-electron chi connectivity index (χ3n) is 5.75. The van der Waals surface area contributed by atoms with Crippen molar-refractivity contribution >= 4 is 48.4 Å². The summed E-state index contributed by atoms with van der Waals surface area (Å²) in [7, 11) is -0.509. The molecule has 174 valence electrons. The summed E-state index contributed by atoms with van der Waals surface area (Å²) in [6.45, 7) is 3.30. The average molecular weight is 485 g/mol. The molecular formula is C24H28N4O3S2. The number of thiophene rings is 1. The van der Waals surface area contributed by atoms with E-state index in [0.717, 1.165) is 17.8 Å². The van der Waals surface area contributed by atoms with Crippen LogP contribution < -0.4 is 5.32 Å². The lowest BCUT2D eigenvalue weighted by Gasteiger charge is -2.11. The first kappa shape index (κ1) is 23.4. The molecule has 0 fully saturated rings. The molecule has 4 rings (SSSR count). The van der Waals surface area contributed by atoms with Crippen molar-refractivity contribution < 1.29 is 13.2 Å². The summed E-state index contributed by atoms with van der Waals surface area (Å²) in [5.74, 6) is 0.769. The van der Waals surface area contributed by atoms with Crippen LogP contribution in [-0.4, -0.2) is 48.8 Å². The normalized spacial score (nSPS) is 12.1. The SMILES string of the molecule is CCn1c(CCC(=O)NCCc2csc3ccccc23)nc2cc(S(=O)(=O)N(C)C)ccc21. The number of fused-ring (bicyclic) bond motifs is 2. The van der Waals surface area contributed by atoms with Gasteiger partial charge in [-0.1, -0.05) is 18.2 Å². The second-order valence-corrected chi connectivity index (χ2v) is 11.1. The zero-order valence-electron chi connectivity index (χ0n) is 19.0. The molecule has 33 heavy (non-hydrogen) atoms. The number of rotatable bonds is 9. The number of nitrogens with zero attached hydrogens (tertiary/aromatic N) is 3. The minimum Gasteiger partial charge on any atom is -0.356 e. The number of benzene rings is 2. The van der Waals surface area contributed by atoms with Gasteiger partial charge in [-0.2, -0.15) is 0 Å². The zero-order valence-corrected chi connectivity index (χ0v) is 20.7. The fourth-order valence-corrected chi connectivity index (χ4v) is 5.87. The van der Waals surface area contributed by atoms with E-state index in [1.165, 1.54) is 34.1 Å². The van der Waals surface area contributed by atoms with E-state index >= 15 is 0 Å². The van der Waals surface area contributed by atoms with Gasteiger partial charge in [0, 0.05) is 44.7 Å². The minimum absolute atomic E-state index is 0.0138. The average Bonchev–Trinajstić information content (AvgIpc) is 3.37. The van der Waals surface area contributed by atoms with E-state index in [2.05, 4.69) is 27.8 Å². The smallest absolute Gasteiger partial charge is 0.242 e. The predicted octanol–water partition coefficient (Wildman–Crippen LogP) is 3.81. The highest BCUT2D eigenvalue weighted by Crippen LogP contribution is 2.26. The Balaban J connectivity index is 1.40. The fourth-order valence-electron chi connectivity index (χ4n) is 3.95. The number of aromatic nitrogens is 2. The Morgan fingerprint density at radius 2 is 1.94 bits per heavy atom. The van der Waals surface area contributed by atoms with Crippen LogP contribution in [0.4, 0.5) is 0 Å². The van der Waals surface area contributed by atoms with Crippen LogP contribution in [0.15, 0.2) is 52.7 Å². The molecule has 1 N–H and O–H groups in total. The maximum atomic E-state index is 12.5. The highest BCUT2D eigenvalue weighted by atomic mass is 32.2. The first-order chi connectivity index (χ1) is 15.8. The van der Waals surface area contributed by atoms with E-state index in [9.17, 15) is 13.2 Å². The van der Waals surface area contributed by atoms with Crippen molar-refractivity contribution in [3.8, 4) is 0 Å². The molecule has 4 aromatic rings. The Kier molecular flexibility index (Phi) is 6.83. The molecule has 0 spiro atoms. The molecule has 2 aromatic carbocycles. The van der Waals surface area contributed by atoms with Gasteiger partial charge in [0.05, 0.1) is 15.9 Å². The lowest BCUT2D eigenvalue weighted by Crippen LogP contribution is -2.26. The molecule has 7 nitrogen and oxygen atoms in total. The van der Waals surface area contributed by atoms with Crippen LogP contribution in [0, 0.1) is 0 Å². The molecule has 0 bridgehead atoms. The molecule has 9 heteroatoms. The van der Waals surface area contributed by atoms with Crippen LogP contribution in [0.2, 0.25) is 0 Å². The second-order valence-electron chi connectivity index (χ2n) is 8.07. The number of amides is 1. The molecule has 0 aliphatic carbocycles. The quantitative estimate of drug-likeness (QED) is 0.392. The molecule has 0 saturated carbocycles. The van der Waals surface area contributed by atoms with Gasteiger partial charge in [-0.25, -0.2) is 17.7 Å². The summed E-state index contributed by atoms with van der Waals surface area (Å²) < 4.78 is 29.4. The largest absolute Gasteiger partial charge is 0.356 e. The lowest BCUT2D eigenvalue weighted by molar-refractivity contribution is -0.121. The number of hydrogen-bond acceptors (Lipinski definition) is 5. The Morgan fingerprint density at radius 3 is 2.70 bits per heavy atom. The standard InChI is InChI=1S/C24H28N4O3S2/c1-4-28-21-10-9-18(33(30,31)27(2)3)15-20(21)26-23(28)11-12-24(29)25-14-13-17-16-32-22-8-6-5-7-19(17)22/h5-10,15-16H,4,11-14H2,1-3H3,(H,25,29). The van der Waals surface area contributed by atoms with E-state index in [0.29, 0.717) is 31.4 Å². The topological polar surface area (TPSA) is 84.3 Å². The number of hydrogen-bond donors (Lipinski definition) is 1. The van der Waals surface area contributed by atoms with Crippen molar-refractivity contribution in [1.29, 1.82) is 0 Å². The number of aryl methyl sites for hydroxylation is 2. The van der Waals surface area contributed by atoms with Gasteiger partial charge in [0.2, 0.25) is 15.9 Å². The highest BCUT2D eigenvalue weighted by Gasteiger charge is 2.19.